The standard InChI is InChI=1S/C12H22N2O/c1-14(9-6-10-4-5-10)11(15)12(13)7-2-3-8-12/h10H,2-9,13H2,1H3. The molecular formula is C12H22N2O. The summed E-state index contributed by atoms with van der Waals surface area (Å²) in [4.78, 5) is 14.0. The van der Waals surface area contributed by atoms with E-state index < -0.39 is 5.54 Å². The molecule has 0 aromatic carbocycles. The van der Waals surface area contributed by atoms with Crippen LogP contribution in [0.1, 0.15) is 44.9 Å². The smallest absolute Gasteiger partial charge is 0.242 e. The lowest BCUT2D eigenvalue weighted by Crippen LogP contribution is -2.52. The van der Waals surface area contributed by atoms with Gasteiger partial charge in [-0.25, -0.2) is 0 Å². The van der Waals surface area contributed by atoms with Crippen molar-refractivity contribution in [3.05, 3.63) is 0 Å². The maximum absolute atomic E-state index is 12.1. The molecule has 0 atom stereocenters. The number of likely N-dealkylation sites (N-methyl/N-ethyl adjacent to an activating group) is 1. The second kappa shape index (κ2) is 4.12. The fourth-order valence-electron chi connectivity index (χ4n) is 2.48. The molecule has 3 heteroatoms. The number of rotatable bonds is 4. The monoisotopic (exact) mass is 210 g/mol. The predicted molar refractivity (Wildman–Crippen MR) is 60.4 cm³/mol. The van der Waals surface area contributed by atoms with Gasteiger partial charge in [0.1, 0.15) is 0 Å². The Labute approximate surface area is 92.0 Å². The highest BCUT2D eigenvalue weighted by atomic mass is 16.2. The molecule has 0 aromatic rings. The molecular weight excluding hydrogens is 188 g/mol. The third-order valence-corrected chi connectivity index (χ3v) is 3.84. The largest absolute Gasteiger partial charge is 0.344 e. The third kappa shape index (κ3) is 2.51. The van der Waals surface area contributed by atoms with E-state index in [4.69, 9.17) is 5.73 Å². The SMILES string of the molecule is CN(CCC1CC1)C(=O)C1(N)CCCC1. The summed E-state index contributed by atoms with van der Waals surface area (Å²) >= 11 is 0. The summed E-state index contributed by atoms with van der Waals surface area (Å²) in [5.74, 6) is 1.05. The van der Waals surface area contributed by atoms with Crippen molar-refractivity contribution in [2.45, 2.75) is 50.5 Å². The summed E-state index contributed by atoms with van der Waals surface area (Å²) in [6, 6.07) is 0. The highest BCUT2D eigenvalue weighted by Gasteiger charge is 2.38. The Hall–Kier alpha value is -0.570. The first-order chi connectivity index (χ1) is 7.12. The van der Waals surface area contributed by atoms with E-state index in [9.17, 15) is 4.79 Å². The molecule has 1 amide bonds. The Morgan fingerprint density at radius 1 is 1.40 bits per heavy atom. The molecule has 0 spiro atoms. The van der Waals surface area contributed by atoms with Crippen LogP contribution in [0.2, 0.25) is 0 Å². The lowest BCUT2D eigenvalue weighted by molar-refractivity contribution is -0.135. The molecule has 15 heavy (non-hydrogen) atoms. The van der Waals surface area contributed by atoms with E-state index in [-0.39, 0.29) is 5.91 Å². The summed E-state index contributed by atoms with van der Waals surface area (Å²) in [6.07, 6.45) is 7.85. The molecule has 0 aliphatic heterocycles. The first-order valence-electron chi connectivity index (χ1n) is 6.16. The van der Waals surface area contributed by atoms with Crippen molar-refractivity contribution in [3.8, 4) is 0 Å². The fourth-order valence-corrected chi connectivity index (χ4v) is 2.48. The van der Waals surface area contributed by atoms with Gasteiger partial charge in [0.15, 0.2) is 0 Å². The van der Waals surface area contributed by atoms with Crippen LogP contribution in [0.25, 0.3) is 0 Å². The highest BCUT2D eigenvalue weighted by molar-refractivity contribution is 5.86. The van der Waals surface area contributed by atoms with E-state index in [0.717, 1.165) is 38.1 Å². The molecule has 86 valence electrons. The third-order valence-electron chi connectivity index (χ3n) is 3.84. The summed E-state index contributed by atoms with van der Waals surface area (Å²) in [7, 11) is 1.90. The minimum atomic E-state index is -0.529. The average molecular weight is 210 g/mol. The van der Waals surface area contributed by atoms with Gasteiger partial charge < -0.3 is 10.6 Å². The van der Waals surface area contributed by atoms with Gasteiger partial charge in [0.25, 0.3) is 0 Å². The van der Waals surface area contributed by atoms with Gasteiger partial charge in [-0.2, -0.15) is 0 Å². The van der Waals surface area contributed by atoms with Crippen LogP contribution in [0.5, 0.6) is 0 Å². The summed E-state index contributed by atoms with van der Waals surface area (Å²) < 4.78 is 0. The van der Waals surface area contributed by atoms with Crippen molar-refractivity contribution in [2.24, 2.45) is 11.7 Å². The zero-order valence-corrected chi connectivity index (χ0v) is 9.67. The molecule has 3 nitrogen and oxygen atoms in total. The Bertz CT molecular complexity index is 242. The molecule has 2 saturated carbocycles. The molecule has 0 heterocycles. The van der Waals surface area contributed by atoms with Gasteiger partial charge >= 0.3 is 0 Å². The van der Waals surface area contributed by atoms with Crippen LogP contribution < -0.4 is 5.73 Å². The normalized spacial score (nSPS) is 24.1. The zero-order valence-electron chi connectivity index (χ0n) is 9.67. The van der Waals surface area contributed by atoms with Gasteiger partial charge in [-0.1, -0.05) is 25.7 Å². The predicted octanol–water partition coefficient (Wildman–Crippen LogP) is 1.52. The lowest BCUT2D eigenvalue weighted by Gasteiger charge is -2.28. The van der Waals surface area contributed by atoms with Crippen molar-refractivity contribution in [1.82, 2.24) is 4.90 Å². The number of nitrogens with zero attached hydrogens (tertiary/aromatic N) is 1. The van der Waals surface area contributed by atoms with Gasteiger partial charge in [0.2, 0.25) is 5.91 Å². The number of amides is 1. The minimum Gasteiger partial charge on any atom is -0.344 e. The van der Waals surface area contributed by atoms with Gasteiger partial charge in [0, 0.05) is 13.6 Å². The second-order valence-corrected chi connectivity index (χ2v) is 5.32. The molecule has 2 aliphatic rings. The van der Waals surface area contributed by atoms with Crippen LogP contribution in [-0.2, 0) is 4.79 Å². The summed E-state index contributed by atoms with van der Waals surface area (Å²) in [5, 5.41) is 0. The minimum absolute atomic E-state index is 0.167. The van der Waals surface area contributed by atoms with E-state index in [1.54, 1.807) is 0 Å². The van der Waals surface area contributed by atoms with Crippen LogP contribution in [0.3, 0.4) is 0 Å². The number of nitrogens with two attached hydrogens (primary N) is 1. The second-order valence-electron chi connectivity index (χ2n) is 5.32. The Balaban J connectivity index is 1.82. The Kier molecular flexibility index (Phi) is 3.01. The van der Waals surface area contributed by atoms with Crippen molar-refractivity contribution < 1.29 is 4.79 Å². The number of carbonyl (C=O) groups is 1. The number of hydrogen-bond donors (Lipinski definition) is 1. The first-order valence-corrected chi connectivity index (χ1v) is 6.16. The van der Waals surface area contributed by atoms with Gasteiger partial charge in [-0.3, -0.25) is 4.79 Å². The summed E-state index contributed by atoms with van der Waals surface area (Å²) in [5.41, 5.74) is 5.60. The van der Waals surface area contributed by atoms with Crippen molar-refractivity contribution in [2.75, 3.05) is 13.6 Å². The van der Waals surface area contributed by atoms with E-state index in [1.807, 2.05) is 11.9 Å². The van der Waals surface area contributed by atoms with E-state index >= 15 is 0 Å². The molecule has 2 fully saturated rings. The maximum atomic E-state index is 12.1. The molecule has 0 aromatic heterocycles. The average Bonchev–Trinajstić information content (AvgIpc) is 2.96. The molecule has 0 saturated heterocycles. The molecule has 2 rings (SSSR count). The Morgan fingerprint density at radius 2 is 2.00 bits per heavy atom. The summed E-state index contributed by atoms with van der Waals surface area (Å²) in [6.45, 7) is 0.891. The zero-order chi connectivity index (χ0) is 10.9. The molecule has 0 unspecified atom stereocenters. The highest BCUT2D eigenvalue weighted by Crippen LogP contribution is 2.33. The van der Waals surface area contributed by atoms with Crippen LogP contribution in [-0.4, -0.2) is 29.9 Å². The van der Waals surface area contributed by atoms with Crippen LogP contribution in [0.15, 0.2) is 0 Å². The molecule has 0 bridgehead atoms. The quantitative estimate of drug-likeness (QED) is 0.764. The van der Waals surface area contributed by atoms with E-state index in [0.29, 0.717) is 0 Å². The van der Waals surface area contributed by atoms with Gasteiger partial charge in [0.05, 0.1) is 5.54 Å². The fraction of sp³-hybridized carbons (Fsp3) is 0.917. The number of hydrogen-bond acceptors (Lipinski definition) is 2. The molecule has 0 radical (unpaired) electrons. The van der Waals surface area contributed by atoms with Crippen molar-refractivity contribution in [1.29, 1.82) is 0 Å². The topological polar surface area (TPSA) is 46.3 Å². The molecule has 2 N–H and O–H groups in total. The van der Waals surface area contributed by atoms with Crippen molar-refractivity contribution >= 4 is 5.91 Å². The van der Waals surface area contributed by atoms with E-state index in [2.05, 4.69) is 0 Å². The van der Waals surface area contributed by atoms with E-state index in [1.165, 1.54) is 19.3 Å². The lowest BCUT2D eigenvalue weighted by atomic mass is 9.97. The maximum Gasteiger partial charge on any atom is 0.242 e. The number of carbonyl (C=O) groups excluding carboxylic acids is 1. The van der Waals surface area contributed by atoms with Crippen LogP contribution in [0, 0.1) is 5.92 Å². The van der Waals surface area contributed by atoms with Gasteiger partial charge in [-0.05, 0) is 25.2 Å². The first kappa shape index (κ1) is 10.9. The Morgan fingerprint density at radius 3 is 2.53 bits per heavy atom. The van der Waals surface area contributed by atoms with Gasteiger partial charge in [-0.15, -0.1) is 0 Å². The molecule has 2 aliphatic carbocycles. The van der Waals surface area contributed by atoms with Crippen LogP contribution in [0.4, 0.5) is 0 Å². The van der Waals surface area contributed by atoms with Crippen molar-refractivity contribution in [3.63, 3.8) is 0 Å². The van der Waals surface area contributed by atoms with Crippen LogP contribution >= 0.6 is 0 Å².